The van der Waals surface area contributed by atoms with Crippen molar-refractivity contribution in [3.63, 3.8) is 0 Å². The zero-order valence-electron chi connectivity index (χ0n) is 15.6. The lowest BCUT2D eigenvalue weighted by atomic mass is 10.1. The molecular weight excluding hydrogens is 300 g/mol. The summed E-state index contributed by atoms with van der Waals surface area (Å²) in [6.07, 6.45) is 3.49. The van der Waals surface area contributed by atoms with Crippen LogP contribution < -0.4 is 4.90 Å². The molecule has 0 aliphatic heterocycles. The Hall–Kier alpha value is -2.30. The number of benzene rings is 1. The lowest BCUT2D eigenvalue weighted by Crippen LogP contribution is -2.30. The van der Waals surface area contributed by atoms with Gasteiger partial charge in [-0.15, -0.1) is 0 Å². The van der Waals surface area contributed by atoms with Gasteiger partial charge in [0.1, 0.15) is 0 Å². The molecule has 0 saturated heterocycles. The van der Waals surface area contributed by atoms with Crippen LogP contribution in [0.5, 0.6) is 0 Å². The third-order valence-corrected chi connectivity index (χ3v) is 4.01. The van der Waals surface area contributed by atoms with Crippen LogP contribution in [-0.2, 0) is 12.1 Å². The van der Waals surface area contributed by atoms with Gasteiger partial charge in [-0.2, -0.15) is 5.10 Å². The van der Waals surface area contributed by atoms with Crippen LogP contribution in [0.25, 0.3) is 0 Å². The summed E-state index contributed by atoms with van der Waals surface area (Å²) in [5.41, 5.74) is 2.78. The van der Waals surface area contributed by atoms with Crippen LogP contribution in [0.15, 0.2) is 36.7 Å². The van der Waals surface area contributed by atoms with Gasteiger partial charge in [0.25, 0.3) is 5.91 Å². The number of anilines is 1. The molecule has 0 aliphatic rings. The lowest BCUT2D eigenvalue weighted by molar-refractivity contribution is 0.0752. The van der Waals surface area contributed by atoms with Crippen LogP contribution in [0.2, 0.25) is 0 Å². The van der Waals surface area contributed by atoms with E-state index in [2.05, 4.69) is 55.0 Å². The van der Waals surface area contributed by atoms with Crippen LogP contribution in [0, 0.1) is 0 Å². The largest absolute Gasteiger partial charge is 0.378 e. The van der Waals surface area contributed by atoms with Gasteiger partial charge in [-0.05, 0) is 45.4 Å². The molecule has 1 aromatic heterocycles. The van der Waals surface area contributed by atoms with Gasteiger partial charge in [0.2, 0.25) is 0 Å². The van der Waals surface area contributed by atoms with Gasteiger partial charge in [-0.3, -0.25) is 9.48 Å². The van der Waals surface area contributed by atoms with E-state index in [4.69, 9.17) is 0 Å². The Balaban J connectivity index is 2.13. The summed E-state index contributed by atoms with van der Waals surface area (Å²) in [5, 5.41) is 4.33. The number of aromatic nitrogens is 2. The first-order valence-electron chi connectivity index (χ1n) is 8.33. The summed E-state index contributed by atoms with van der Waals surface area (Å²) in [6.45, 7) is 9.47. The highest BCUT2D eigenvalue weighted by atomic mass is 16.2. The molecule has 5 nitrogen and oxygen atoms in total. The van der Waals surface area contributed by atoms with E-state index < -0.39 is 0 Å². The van der Waals surface area contributed by atoms with Crippen molar-refractivity contribution in [2.45, 2.75) is 39.8 Å². The zero-order valence-corrected chi connectivity index (χ0v) is 15.6. The summed E-state index contributed by atoms with van der Waals surface area (Å²) < 4.78 is 1.83. The fourth-order valence-corrected chi connectivity index (χ4v) is 2.43. The predicted molar refractivity (Wildman–Crippen MR) is 98.4 cm³/mol. The second-order valence-electron chi connectivity index (χ2n) is 7.22. The second kappa shape index (κ2) is 7.07. The molecular formula is C19H28N4O. The van der Waals surface area contributed by atoms with Crippen molar-refractivity contribution in [3.8, 4) is 0 Å². The number of rotatable bonds is 5. The maximum atomic E-state index is 12.8. The summed E-state index contributed by atoms with van der Waals surface area (Å²) in [5.74, 6) is 0.0182. The van der Waals surface area contributed by atoms with Crippen molar-refractivity contribution in [3.05, 3.63) is 47.8 Å². The molecule has 130 valence electrons. The van der Waals surface area contributed by atoms with Gasteiger partial charge in [0.05, 0.1) is 17.3 Å². The van der Waals surface area contributed by atoms with Crippen molar-refractivity contribution in [2.75, 3.05) is 25.5 Å². The Labute approximate surface area is 144 Å². The molecule has 0 spiro atoms. The van der Waals surface area contributed by atoms with Crippen molar-refractivity contribution in [1.82, 2.24) is 14.7 Å². The fraction of sp³-hybridized carbons (Fsp3) is 0.474. The van der Waals surface area contributed by atoms with E-state index in [0.29, 0.717) is 18.7 Å². The third kappa shape index (κ3) is 4.16. The minimum absolute atomic E-state index is 0.0182. The summed E-state index contributed by atoms with van der Waals surface area (Å²) >= 11 is 0. The lowest BCUT2D eigenvalue weighted by Gasteiger charge is -2.21. The standard InChI is InChI=1S/C19H28N4O/c1-7-22(13-15-8-10-17(11-9-15)21(5)6)18(24)16-12-20-23(14-16)19(2,3)4/h8-12,14H,7,13H2,1-6H3. The van der Waals surface area contributed by atoms with Crippen LogP contribution in [0.3, 0.4) is 0 Å². The van der Waals surface area contributed by atoms with Crippen LogP contribution in [-0.4, -0.2) is 41.2 Å². The van der Waals surface area contributed by atoms with E-state index >= 15 is 0 Å². The maximum absolute atomic E-state index is 12.8. The molecule has 0 aliphatic carbocycles. The minimum atomic E-state index is -0.127. The SMILES string of the molecule is CCN(Cc1ccc(N(C)C)cc1)C(=O)c1cnn(C(C)(C)C)c1. The van der Waals surface area contributed by atoms with E-state index in [-0.39, 0.29) is 11.4 Å². The highest BCUT2D eigenvalue weighted by molar-refractivity contribution is 5.93. The van der Waals surface area contributed by atoms with Gasteiger partial charge >= 0.3 is 0 Å². The Morgan fingerprint density at radius 3 is 2.25 bits per heavy atom. The Bertz CT molecular complexity index is 680. The van der Waals surface area contributed by atoms with E-state index in [1.807, 2.05) is 36.8 Å². The van der Waals surface area contributed by atoms with Crippen molar-refractivity contribution in [1.29, 1.82) is 0 Å². The number of nitrogens with zero attached hydrogens (tertiary/aromatic N) is 4. The number of carbonyl (C=O) groups excluding carboxylic acids is 1. The van der Waals surface area contributed by atoms with E-state index in [1.54, 1.807) is 6.20 Å². The molecule has 0 atom stereocenters. The van der Waals surface area contributed by atoms with Gasteiger partial charge in [-0.1, -0.05) is 12.1 Å². The maximum Gasteiger partial charge on any atom is 0.257 e. The smallest absolute Gasteiger partial charge is 0.257 e. The molecule has 5 heteroatoms. The molecule has 1 amide bonds. The molecule has 0 fully saturated rings. The second-order valence-corrected chi connectivity index (χ2v) is 7.22. The van der Waals surface area contributed by atoms with Gasteiger partial charge in [0, 0.05) is 39.1 Å². The first-order valence-corrected chi connectivity index (χ1v) is 8.33. The van der Waals surface area contributed by atoms with Crippen molar-refractivity contribution >= 4 is 11.6 Å². The van der Waals surface area contributed by atoms with Gasteiger partial charge in [0.15, 0.2) is 0 Å². The number of hydrogen-bond donors (Lipinski definition) is 0. The average molecular weight is 328 g/mol. The normalized spacial score (nSPS) is 11.4. The summed E-state index contributed by atoms with van der Waals surface area (Å²) in [6, 6.07) is 8.30. The average Bonchev–Trinajstić information content (AvgIpc) is 3.02. The molecule has 0 bridgehead atoms. The Morgan fingerprint density at radius 1 is 1.17 bits per heavy atom. The molecule has 0 radical (unpaired) electrons. The molecule has 0 saturated carbocycles. The molecule has 24 heavy (non-hydrogen) atoms. The van der Waals surface area contributed by atoms with Crippen LogP contribution in [0.4, 0.5) is 5.69 Å². The van der Waals surface area contributed by atoms with Crippen LogP contribution >= 0.6 is 0 Å². The quantitative estimate of drug-likeness (QED) is 0.845. The summed E-state index contributed by atoms with van der Waals surface area (Å²) in [4.78, 5) is 16.7. The molecule has 1 aromatic carbocycles. The highest BCUT2D eigenvalue weighted by Gasteiger charge is 2.20. The Morgan fingerprint density at radius 2 is 1.79 bits per heavy atom. The van der Waals surface area contributed by atoms with Gasteiger partial charge < -0.3 is 9.80 Å². The monoisotopic (exact) mass is 328 g/mol. The summed E-state index contributed by atoms with van der Waals surface area (Å²) in [7, 11) is 4.04. The number of amides is 1. The molecule has 1 heterocycles. The van der Waals surface area contributed by atoms with Crippen LogP contribution in [0.1, 0.15) is 43.6 Å². The van der Waals surface area contributed by atoms with E-state index in [1.165, 1.54) is 0 Å². The highest BCUT2D eigenvalue weighted by Crippen LogP contribution is 2.17. The first kappa shape index (κ1) is 18.0. The molecule has 0 unspecified atom stereocenters. The van der Waals surface area contributed by atoms with Gasteiger partial charge in [-0.25, -0.2) is 0 Å². The van der Waals surface area contributed by atoms with Crippen molar-refractivity contribution < 1.29 is 4.79 Å². The Kier molecular flexibility index (Phi) is 5.32. The molecule has 0 N–H and O–H groups in total. The fourth-order valence-electron chi connectivity index (χ4n) is 2.43. The zero-order chi connectivity index (χ0) is 17.9. The molecule has 2 rings (SSSR count). The third-order valence-electron chi connectivity index (χ3n) is 4.01. The van der Waals surface area contributed by atoms with Crippen molar-refractivity contribution in [2.24, 2.45) is 0 Å². The minimum Gasteiger partial charge on any atom is -0.378 e. The number of hydrogen-bond acceptors (Lipinski definition) is 3. The topological polar surface area (TPSA) is 41.4 Å². The van der Waals surface area contributed by atoms with E-state index in [0.717, 1.165) is 11.3 Å². The molecule has 2 aromatic rings. The predicted octanol–water partition coefficient (Wildman–Crippen LogP) is 3.37. The number of carbonyl (C=O) groups is 1. The first-order chi connectivity index (χ1) is 11.2. The van der Waals surface area contributed by atoms with E-state index in [9.17, 15) is 4.79 Å².